The fourth-order valence-electron chi connectivity index (χ4n) is 7.14. The topological polar surface area (TPSA) is 172 Å². The van der Waals surface area contributed by atoms with Crippen molar-refractivity contribution in [3.63, 3.8) is 0 Å². The van der Waals surface area contributed by atoms with Gasteiger partial charge in [-0.15, -0.1) is 0 Å². The van der Waals surface area contributed by atoms with Crippen LogP contribution < -0.4 is 42.0 Å². The predicted octanol–water partition coefficient (Wildman–Crippen LogP) is 6.43. The number of hydrogen-bond donors (Lipinski definition) is 1. The van der Waals surface area contributed by atoms with Crippen molar-refractivity contribution < 1.29 is 4.74 Å². The summed E-state index contributed by atoms with van der Waals surface area (Å²) >= 11 is 0. The smallest absolute Gasteiger partial charge is 0.268 e. The van der Waals surface area contributed by atoms with E-state index in [1.54, 1.807) is 12.1 Å². The number of unbranched alkanes of at least 4 members (excludes halogenated alkanes) is 1. The first-order chi connectivity index (χ1) is 26.5. The number of anilines is 2. The first-order valence-corrected chi connectivity index (χ1v) is 18.9. The zero-order valence-corrected chi connectivity index (χ0v) is 34.3. The molecule has 296 valence electrons. The minimum atomic E-state index is -0.690. The van der Waals surface area contributed by atoms with Crippen molar-refractivity contribution in [2.75, 3.05) is 50.1 Å². The fourth-order valence-corrected chi connectivity index (χ4v) is 7.14. The maximum absolute atomic E-state index is 12.0. The number of benzene rings is 2. The number of para-hydroxylation sites is 2. The van der Waals surface area contributed by atoms with Crippen molar-refractivity contribution in [1.82, 2.24) is 4.90 Å². The number of nitrogens with zero attached hydrogens (tertiary/aromatic N) is 6. The Bertz CT molecular complexity index is 2300. The van der Waals surface area contributed by atoms with Crippen LogP contribution in [-0.2, 0) is 10.8 Å². The third-order valence-electron chi connectivity index (χ3n) is 10.5. The summed E-state index contributed by atoms with van der Waals surface area (Å²) in [7, 11) is 3.91. The Labute approximate surface area is 329 Å². The van der Waals surface area contributed by atoms with Crippen molar-refractivity contribution in [2.45, 2.75) is 79.1 Å². The van der Waals surface area contributed by atoms with Gasteiger partial charge in [0.1, 0.15) is 0 Å². The highest BCUT2D eigenvalue weighted by Gasteiger charge is 2.40. The molecule has 12 nitrogen and oxygen atoms in total. The van der Waals surface area contributed by atoms with Gasteiger partial charge in [-0.2, -0.15) is 11.3 Å². The van der Waals surface area contributed by atoms with Crippen LogP contribution in [0.25, 0.3) is 17.6 Å². The second kappa shape index (κ2) is 19.1. The van der Waals surface area contributed by atoms with E-state index in [4.69, 9.17) is 15.4 Å². The number of ether oxygens (including phenoxy) is 1. The molecule has 0 radical (unpaired) electrons. The van der Waals surface area contributed by atoms with Gasteiger partial charge in [0.05, 0.1) is 12.2 Å². The SMILES string of the molecule is CCCCOc1c(C=C2N(C)c3ccccc3C2(C)C)c(=O)c1=O.CCN(CC)CC.CN1C(=Cc2c(N=C=[N-])c(=O)c2=O)C(C)(C)c2ccccc21.N#CN. The van der Waals surface area contributed by atoms with Crippen molar-refractivity contribution in [3.05, 3.63) is 128 Å². The highest BCUT2D eigenvalue weighted by molar-refractivity contribution is 5.80. The van der Waals surface area contributed by atoms with Crippen LogP contribution >= 0.6 is 0 Å². The van der Waals surface area contributed by atoms with E-state index in [9.17, 15) is 19.2 Å². The number of fused-ring (bicyclic) bond motifs is 2. The number of rotatable bonds is 10. The quantitative estimate of drug-likeness (QED) is 0.0624. The van der Waals surface area contributed by atoms with Crippen molar-refractivity contribution in [1.29, 1.82) is 5.26 Å². The molecule has 12 heteroatoms. The molecule has 2 aliphatic heterocycles. The Morgan fingerprint density at radius 3 is 1.59 bits per heavy atom. The molecule has 4 aromatic carbocycles. The summed E-state index contributed by atoms with van der Waals surface area (Å²) in [5.41, 5.74) is 8.43. The lowest BCUT2D eigenvalue weighted by molar-refractivity contribution is 0.302. The Morgan fingerprint density at radius 1 is 0.768 bits per heavy atom. The van der Waals surface area contributed by atoms with Crippen LogP contribution in [0.1, 0.15) is 90.5 Å². The molecule has 0 spiro atoms. The van der Waals surface area contributed by atoms with Gasteiger partial charge in [-0.05, 0) is 61.5 Å². The molecule has 4 aromatic rings. The maximum Gasteiger partial charge on any atom is 0.268 e. The highest BCUT2D eigenvalue weighted by Crippen LogP contribution is 2.48. The standard InChI is InChI=1S/C20H23NO3.C17H14N3O2.C6H15N.CH2N2/c1-5-6-11-24-19-13(17(22)18(19)23)12-16-20(2,3)14-9-7-8-10-15(14)21(16)4;1-17(2)11-6-4-5-7-12(11)20(3)13(17)8-10-14(19-9-18)16(22)15(10)21;1-4-7(5-2)6-3;2-1-3/h7-10,12H,5-6,11H2,1-4H3;4-8H,1-3H3;4-6H2,1-3H3;2H2/q;-1;;. The van der Waals surface area contributed by atoms with Crippen LogP contribution in [0.4, 0.5) is 17.1 Å². The normalized spacial score (nSPS) is 15.8. The highest BCUT2D eigenvalue weighted by atomic mass is 16.5. The second-order valence-electron chi connectivity index (χ2n) is 14.4. The van der Waals surface area contributed by atoms with Crippen molar-refractivity contribution >= 4 is 35.2 Å². The van der Waals surface area contributed by atoms with Gasteiger partial charge < -0.3 is 35.6 Å². The molecular weight excluding hydrogens is 707 g/mol. The third kappa shape index (κ3) is 8.81. The molecule has 0 aliphatic carbocycles. The van der Waals surface area contributed by atoms with E-state index in [-0.39, 0.29) is 27.8 Å². The van der Waals surface area contributed by atoms with Crippen molar-refractivity contribution in [3.8, 4) is 11.9 Å². The number of nitrogens with two attached hydrogens (primary N) is 1. The molecule has 0 atom stereocenters. The summed E-state index contributed by atoms with van der Waals surface area (Å²) in [5.74, 6) is 0.223. The van der Waals surface area contributed by atoms with Crippen LogP contribution in [0.3, 0.4) is 0 Å². The maximum atomic E-state index is 12.0. The largest absolute Gasteiger partial charge is 0.489 e. The monoisotopic (exact) mass is 760 g/mol. The first kappa shape index (κ1) is 44.5. The fraction of sp³-hybridized carbons (Fsp3) is 0.409. The molecule has 0 amide bonds. The van der Waals surface area contributed by atoms with Crippen LogP contribution in [0.5, 0.6) is 5.75 Å². The number of nitriles is 1. The van der Waals surface area contributed by atoms with Gasteiger partial charge in [-0.3, -0.25) is 19.2 Å². The number of hydrogen-bond acceptors (Lipinski definition) is 11. The molecule has 0 unspecified atom stereocenters. The zero-order chi connectivity index (χ0) is 42.0. The Hall–Kier alpha value is -5.89. The second-order valence-corrected chi connectivity index (χ2v) is 14.4. The minimum absolute atomic E-state index is 0.0415. The lowest BCUT2D eigenvalue weighted by Gasteiger charge is -2.25. The van der Waals surface area contributed by atoms with Crippen LogP contribution in [0, 0.1) is 11.5 Å². The van der Waals surface area contributed by atoms with E-state index in [1.807, 2.05) is 55.4 Å². The summed E-state index contributed by atoms with van der Waals surface area (Å²) in [4.78, 5) is 57.1. The van der Waals surface area contributed by atoms with Gasteiger partial charge >= 0.3 is 0 Å². The molecule has 2 N–H and O–H groups in total. The van der Waals surface area contributed by atoms with Gasteiger partial charge in [-0.25, -0.2) is 0 Å². The Kier molecular flexibility index (Phi) is 15.2. The van der Waals surface area contributed by atoms with E-state index in [0.717, 1.165) is 41.2 Å². The molecule has 0 saturated heterocycles. The number of aliphatic imine (C=N–C) groups is 1. The average Bonchev–Trinajstić information content (AvgIpc) is 3.51. The molecule has 0 fully saturated rings. The summed E-state index contributed by atoms with van der Waals surface area (Å²) in [6.45, 7) is 21.0. The van der Waals surface area contributed by atoms with E-state index < -0.39 is 21.7 Å². The molecule has 2 aliphatic rings. The van der Waals surface area contributed by atoms with E-state index in [2.05, 4.69) is 94.1 Å². The van der Waals surface area contributed by atoms with Crippen LogP contribution in [0.15, 0.2) is 84.1 Å². The molecule has 2 heterocycles. The summed E-state index contributed by atoms with van der Waals surface area (Å²) in [6.07, 6.45) is 6.60. The Morgan fingerprint density at radius 2 is 1.20 bits per heavy atom. The van der Waals surface area contributed by atoms with E-state index >= 15 is 0 Å². The van der Waals surface area contributed by atoms with Crippen molar-refractivity contribution in [2.24, 2.45) is 10.7 Å². The Balaban J connectivity index is 0.000000243. The molecule has 0 saturated carbocycles. The molecule has 0 aromatic heterocycles. The molecule has 56 heavy (non-hydrogen) atoms. The van der Waals surface area contributed by atoms with Gasteiger partial charge in [0.25, 0.3) is 5.43 Å². The lowest BCUT2D eigenvalue weighted by Crippen LogP contribution is -2.36. The van der Waals surface area contributed by atoms with E-state index in [0.29, 0.717) is 12.2 Å². The molecular formula is C44H54N7O5-. The third-order valence-corrected chi connectivity index (χ3v) is 10.5. The lowest BCUT2D eigenvalue weighted by atomic mass is 9.83. The minimum Gasteiger partial charge on any atom is -0.489 e. The van der Waals surface area contributed by atoms with Gasteiger partial charge in [0.2, 0.25) is 16.3 Å². The van der Waals surface area contributed by atoms with Gasteiger partial charge in [0.15, 0.2) is 11.9 Å². The van der Waals surface area contributed by atoms with Gasteiger partial charge in [-0.1, -0.05) is 98.2 Å². The molecule has 6 rings (SSSR count). The first-order valence-electron chi connectivity index (χ1n) is 18.9. The van der Waals surface area contributed by atoms with Crippen LogP contribution in [0.2, 0.25) is 0 Å². The average molecular weight is 761 g/mol. The predicted molar refractivity (Wildman–Crippen MR) is 229 cm³/mol. The van der Waals surface area contributed by atoms with E-state index in [1.165, 1.54) is 31.4 Å². The zero-order valence-electron chi connectivity index (χ0n) is 34.3. The number of likely N-dealkylation sites (N-methyl/N-ethyl adjacent to an activating group) is 2. The summed E-state index contributed by atoms with van der Waals surface area (Å²) < 4.78 is 5.55. The summed E-state index contributed by atoms with van der Waals surface area (Å²) in [5, 5.41) is 15.7. The number of allylic oxidation sites excluding steroid dienone is 2. The molecule has 0 bridgehead atoms. The van der Waals surface area contributed by atoms with Crippen LogP contribution in [-0.4, -0.2) is 51.2 Å². The summed E-state index contributed by atoms with van der Waals surface area (Å²) in [6, 6.07) is 17.8. The van der Waals surface area contributed by atoms with Gasteiger partial charge in [0, 0.05) is 58.9 Å².